The van der Waals surface area contributed by atoms with Crippen LogP contribution in [-0.4, -0.2) is 47.6 Å². The SMILES string of the molecule is Cc1ncccc1C(=O)N1CCOC(C(C)N)C1. The zero-order chi connectivity index (χ0) is 13.1. The van der Waals surface area contributed by atoms with Gasteiger partial charge in [0.05, 0.1) is 18.3 Å². The van der Waals surface area contributed by atoms with E-state index in [9.17, 15) is 4.79 Å². The number of carbonyl (C=O) groups is 1. The van der Waals surface area contributed by atoms with Gasteiger partial charge in [-0.2, -0.15) is 0 Å². The van der Waals surface area contributed by atoms with E-state index < -0.39 is 0 Å². The number of rotatable bonds is 2. The van der Waals surface area contributed by atoms with Crippen molar-refractivity contribution in [3.8, 4) is 0 Å². The lowest BCUT2D eigenvalue weighted by Gasteiger charge is -2.34. The molecule has 0 spiro atoms. The Balaban J connectivity index is 2.12. The highest BCUT2D eigenvalue weighted by Gasteiger charge is 2.27. The lowest BCUT2D eigenvalue weighted by molar-refractivity contribution is -0.0300. The van der Waals surface area contributed by atoms with Gasteiger partial charge in [0.25, 0.3) is 5.91 Å². The molecule has 2 unspecified atom stereocenters. The van der Waals surface area contributed by atoms with Gasteiger partial charge in [-0.1, -0.05) is 0 Å². The standard InChI is InChI=1S/C13H19N3O2/c1-9(14)12-8-16(6-7-18-12)13(17)11-4-3-5-15-10(11)2/h3-5,9,12H,6-8,14H2,1-2H3. The molecule has 1 fully saturated rings. The van der Waals surface area contributed by atoms with E-state index in [1.807, 2.05) is 13.8 Å². The van der Waals surface area contributed by atoms with Crippen LogP contribution >= 0.6 is 0 Å². The lowest BCUT2D eigenvalue weighted by atomic mass is 10.1. The molecule has 98 valence electrons. The number of hydrogen-bond donors (Lipinski definition) is 1. The van der Waals surface area contributed by atoms with Gasteiger partial charge >= 0.3 is 0 Å². The van der Waals surface area contributed by atoms with Gasteiger partial charge in [0.15, 0.2) is 0 Å². The van der Waals surface area contributed by atoms with Crippen LogP contribution in [0, 0.1) is 6.92 Å². The Morgan fingerprint density at radius 2 is 2.44 bits per heavy atom. The molecule has 2 heterocycles. The van der Waals surface area contributed by atoms with Crippen LogP contribution in [0.25, 0.3) is 0 Å². The molecule has 2 atom stereocenters. The van der Waals surface area contributed by atoms with Gasteiger partial charge in [0, 0.05) is 31.0 Å². The maximum Gasteiger partial charge on any atom is 0.255 e. The highest BCUT2D eigenvalue weighted by Crippen LogP contribution is 2.13. The zero-order valence-electron chi connectivity index (χ0n) is 10.8. The first-order chi connectivity index (χ1) is 8.59. The molecule has 5 heteroatoms. The molecule has 1 aromatic heterocycles. The van der Waals surface area contributed by atoms with Crippen LogP contribution in [-0.2, 0) is 4.74 Å². The van der Waals surface area contributed by atoms with Crippen molar-refractivity contribution in [2.24, 2.45) is 5.73 Å². The van der Waals surface area contributed by atoms with Gasteiger partial charge < -0.3 is 15.4 Å². The number of aromatic nitrogens is 1. The van der Waals surface area contributed by atoms with Gasteiger partial charge in [0.1, 0.15) is 0 Å². The Hall–Kier alpha value is -1.46. The molecular formula is C13H19N3O2. The largest absolute Gasteiger partial charge is 0.373 e. The molecule has 2 N–H and O–H groups in total. The molecule has 0 bridgehead atoms. The summed E-state index contributed by atoms with van der Waals surface area (Å²) in [6.07, 6.45) is 1.61. The second kappa shape index (κ2) is 5.46. The molecule has 1 aliphatic rings. The van der Waals surface area contributed by atoms with Crippen molar-refractivity contribution >= 4 is 5.91 Å². The van der Waals surface area contributed by atoms with Crippen molar-refractivity contribution in [2.45, 2.75) is 26.0 Å². The summed E-state index contributed by atoms with van der Waals surface area (Å²) in [6, 6.07) is 3.51. The summed E-state index contributed by atoms with van der Waals surface area (Å²) in [5.74, 6) is 0.00884. The average Bonchev–Trinajstić information content (AvgIpc) is 2.38. The first-order valence-corrected chi connectivity index (χ1v) is 6.17. The average molecular weight is 249 g/mol. The van der Waals surface area contributed by atoms with E-state index in [1.165, 1.54) is 0 Å². The molecule has 1 aliphatic heterocycles. The van der Waals surface area contributed by atoms with Gasteiger partial charge in [-0.05, 0) is 26.0 Å². The molecule has 0 aromatic carbocycles. The second-order valence-electron chi connectivity index (χ2n) is 4.66. The summed E-state index contributed by atoms with van der Waals surface area (Å²) in [4.78, 5) is 18.3. The van der Waals surface area contributed by atoms with Gasteiger partial charge in [-0.3, -0.25) is 9.78 Å². The Morgan fingerprint density at radius 3 is 3.11 bits per heavy atom. The van der Waals surface area contributed by atoms with Crippen molar-refractivity contribution in [2.75, 3.05) is 19.7 Å². The first-order valence-electron chi connectivity index (χ1n) is 6.17. The fourth-order valence-corrected chi connectivity index (χ4v) is 2.06. The summed E-state index contributed by atoms with van der Waals surface area (Å²) in [5, 5.41) is 0. The van der Waals surface area contributed by atoms with Crippen LogP contribution in [0.2, 0.25) is 0 Å². The molecular weight excluding hydrogens is 230 g/mol. The maximum absolute atomic E-state index is 12.4. The number of hydrogen-bond acceptors (Lipinski definition) is 4. The minimum Gasteiger partial charge on any atom is -0.373 e. The Morgan fingerprint density at radius 1 is 1.67 bits per heavy atom. The van der Waals surface area contributed by atoms with Crippen LogP contribution in [0.4, 0.5) is 0 Å². The summed E-state index contributed by atoms with van der Waals surface area (Å²) >= 11 is 0. The third kappa shape index (κ3) is 2.68. The van der Waals surface area contributed by atoms with E-state index in [0.29, 0.717) is 25.3 Å². The molecule has 0 radical (unpaired) electrons. The van der Waals surface area contributed by atoms with Gasteiger partial charge in [0.2, 0.25) is 0 Å². The quantitative estimate of drug-likeness (QED) is 0.832. The number of ether oxygens (including phenoxy) is 1. The number of carbonyl (C=O) groups excluding carboxylic acids is 1. The number of nitrogens with two attached hydrogens (primary N) is 1. The number of pyridine rings is 1. The van der Waals surface area contributed by atoms with Crippen molar-refractivity contribution in [3.05, 3.63) is 29.6 Å². The van der Waals surface area contributed by atoms with Crippen LogP contribution in [0.15, 0.2) is 18.3 Å². The molecule has 0 saturated carbocycles. The van der Waals surface area contributed by atoms with Crippen molar-refractivity contribution in [3.63, 3.8) is 0 Å². The van der Waals surface area contributed by atoms with Crippen molar-refractivity contribution < 1.29 is 9.53 Å². The summed E-state index contributed by atoms with van der Waals surface area (Å²) in [6.45, 7) is 5.43. The third-order valence-electron chi connectivity index (χ3n) is 3.20. The number of aryl methyl sites for hydroxylation is 1. The minimum atomic E-state index is -0.0836. The van der Waals surface area contributed by atoms with E-state index in [1.54, 1.807) is 23.2 Å². The highest BCUT2D eigenvalue weighted by atomic mass is 16.5. The normalized spacial score (nSPS) is 21.7. The topological polar surface area (TPSA) is 68.5 Å². The molecule has 5 nitrogen and oxygen atoms in total. The third-order valence-corrected chi connectivity index (χ3v) is 3.20. The van der Waals surface area contributed by atoms with Crippen molar-refractivity contribution in [1.29, 1.82) is 0 Å². The summed E-state index contributed by atoms with van der Waals surface area (Å²) in [5.41, 5.74) is 7.23. The zero-order valence-corrected chi connectivity index (χ0v) is 10.8. The molecule has 1 saturated heterocycles. The van der Waals surface area contributed by atoms with Gasteiger partial charge in [-0.25, -0.2) is 0 Å². The Bertz CT molecular complexity index is 434. The number of morpholine rings is 1. The van der Waals surface area contributed by atoms with Crippen LogP contribution in [0.1, 0.15) is 23.0 Å². The number of amides is 1. The second-order valence-corrected chi connectivity index (χ2v) is 4.66. The van der Waals surface area contributed by atoms with E-state index >= 15 is 0 Å². The molecule has 1 aromatic rings. The van der Waals surface area contributed by atoms with E-state index in [2.05, 4.69) is 4.98 Å². The Labute approximate surface area is 107 Å². The van der Waals surface area contributed by atoms with Gasteiger partial charge in [-0.15, -0.1) is 0 Å². The summed E-state index contributed by atoms with van der Waals surface area (Å²) in [7, 11) is 0. The monoisotopic (exact) mass is 249 g/mol. The smallest absolute Gasteiger partial charge is 0.255 e. The van der Waals surface area contributed by atoms with Crippen LogP contribution in [0.5, 0.6) is 0 Å². The predicted octanol–water partition coefficient (Wildman–Crippen LogP) is 0.578. The van der Waals surface area contributed by atoms with Crippen LogP contribution in [0.3, 0.4) is 0 Å². The van der Waals surface area contributed by atoms with E-state index in [-0.39, 0.29) is 18.1 Å². The molecule has 0 aliphatic carbocycles. The number of nitrogens with zero attached hydrogens (tertiary/aromatic N) is 2. The summed E-state index contributed by atoms with van der Waals surface area (Å²) < 4.78 is 5.55. The fourth-order valence-electron chi connectivity index (χ4n) is 2.06. The van der Waals surface area contributed by atoms with E-state index in [0.717, 1.165) is 5.69 Å². The maximum atomic E-state index is 12.4. The lowest BCUT2D eigenvalue weighted by Crippen LogP contribution is -2.51. The minimum absolute atomic E-state index is 0.00884. The first kappa shape index (κ1) is 13.0. The highest BCUT2D eigenvalue weighted by molar-refractivity contribution is 5.95. The molecule has 18 heavy (non-hydrogen) atoms. The molecule has 2 rings (SSSR count). The Kier molecular flexibility index (Phi) is 3.93. The van der Waals surface area contributed by atoms with Crippen LogP contribution < -0.4 is 5.73 Å². The van der Waals surface area contributed by atoms with Crippen molar-refractivity contribution in [1.82, 2.24) is 9.88 Å². The predicted molar refractivity (Wildman–Crippen MR) is 68.3 cm³/mol. The fraction of sp³-hybridized carbons (Fsp3) is 0.538. The molecule has 1 amide bonds. The van der Waals surface area contributed by atoms with E-state index in [4.69, 9.17) is 10.5 Å².